The van der Waals surface area contributed by atoms with Crippen LogP contribution in [0, 0.1) is 3.57 Å². The van der Waals surface area contributed by atoms with E-state index in [0.717, 1.165) is 41.9 Å². The second-order valence-electron chi connectivity index (χ2n) is 5.92. The number of anilines is 2. The van der Waals surface area contributed by atoms with Crippen molar-refractivity contribution in [3.8, 4) is 5.88 Å². The van der Waals surface area contributed by atoms with Gasteiger partial charge in [0, 0.05) is 15.5 Å². The molecule has 1 aliphatic rings. The Labute approximate surface area is 157 Å². The van der Waals surface area contributed by atoms with Gasteiger partial charge in [-0.1, -0.05) is 6.42 Å². The van der Waals surface area contributed by atoms with Gasteiger partial charge in [-0.25, -0.2) is 4.98 Å². The van der Waals surface area contributed by atoms with E-state index in [1.54, 1.807) is 0 Å². The summed E-state index contributed by atoms with van der Waals surface area (Å²) in [5, 5.41) is 2.91. The van der Waals surface area contributed by atoms with Crippen LogP contribution in [0.5, 0.6) is 5.88 Å². The highest BCUT2D eigenvalue weighted by atomic mass is 127. The average molecular weight is 463 g/mol. The number of nitrogens with one attached hydrogen (secondary N) is 1. The zero-order valence-corrected chi connectivity index (χ0v) is 15.5. The Morgan fingerprint density at radius 3 is 2.40 bits per heavy atom. The van der Waals surface area contributed by atoms with Crippen LogP contribution >= 0.6 is 22.6 Å². The number of hydrogen-bond acceptors (Lipinski definition) is 4. The van der Waals surface area contributed by atoms with Gasteiger partial charge in [0.15, 0.2) is 0 Å². The molecule has 8 heteroatoms. The standard InChI is InChI=1S/C17H17F3IN3O/c18-17(19,20)14-10-22-16(23-12-8-6-11(21)7-9-12)24-15(14)25-13-4-2-1-3-5-13/h6-10,13H,1-5H2,(H,22,23,24). The molecule has 1 aromatic heterocycles. The summed E-state index contributed by atoms with van der Waals surface area (Å²) in [5.74, 6) is -0.317. The van der Waals surface area contributed by atoms with Crippen LogP contribution in [0.25, 0.3) is 0 Å². The largest absolute Gasteiger partial charge is 0.474 e. The fourth-order valence-electron chi connectivity index (χ4n) is 2.71. The Morgan fingerprint density at radius 2 is 1.76 bits per heavy atom. The summed E-state index contributed by atoms with van der Waals surface area (Å²) in [5.41, 5.74) is -0.241. The van der Waals surface area contributed by atoms with Gasteiger partial charge in [0.1, 0.15) is 11.7 Å². The van der Waals surface area contributed by atoms with E-state index in [4.69, 9.17) is 4.74 Å². The number of alkyl halides is 3. The van der Waals surface area contributed by atoms with Crippen LogP contribution in [0.1, 0.15) is 37.7 Å². The highest BCUT2D eigenvalue weighted by Crippen LogP contribution is 2.36. The summed E-state index contributed by atoms with van der Waals surface area (Å²) in [6.07, 6.45) is 0.523. The van der Waals surface area contributed by atoms with E-state index in [9.17, 15) is 13.2 Å². The van der Waals surface area contributed by atoms with E-state index in [-0.39, 0.29) is 12.1 Å². The quantitative estimate of drug-likeness (QED) is 0.604. The second-order valence-corrected chi connectivity index (χ2v) is 7.17. The van der Waals surface area contributed by atoms with Crippen LogP contribution in [0.4, 0.5) is 24.8 Å². The maximum atomic E-state index is 13.2. The molecule has 0 spiro atoms. The fraction of sp³-hybridized carbons (Fsp3) is 0.412. The van der Waals surface area contributed by atoms with Crippen molar-refractivity contribution >= 4 is 34.2 Å². The Kier molecular flexibility index (Phi) is 5.65. The molecule has 1 saturated carbocycles. The zero-order valence-electron chi connectivity index (χ0n) is 13.3. The summed E-state index contributed by atoms with van der Waals surface area (Å²) < 4.78 is 46.3. The molecule has 2 aromatic rings. The van der Waals surface area contributed by atoms with E-state index in [1.165, 1.54) is 0 Å². The molecule has 0 amide bonds. The Bertz CT molecular complexity index is 716. The maximum Gasteiger partial charge on any atom is 0.423 e. The molecule has 0 saturated heterocycles. The molecule has 25 heavy (non-hydrogen) atoms. The van der Waals surface area contributed by atoms with E-state index >= 15 is 0 Å². The Morgan fingerprint density at radius 1 is 1.08 bits per heavy atom. The van der Waals surface area contributed by atoms with Crippen LogP contribution in [-0.4, -0.2) is 16.1 Å². The number of rotatable bonds is 4. The highest BCUT2D eigenvalue weighted by Gasteiger charge is 2.37. The molecule has 1 N–H and O–H groups in total. The van der Waals surface area contributed by atoms with Gasteiger partial charge in [0.05, 0.1) is 0 Å². The molecule has 4 nitrogen and oxygen atoms in total. The number of benzene rings is 1. The van der Waals surface area contributed by atoms with Gasteiger partial charge in [-0.2, -0.15) is 18.2 Å². The molecule has 134 valence electrons. The molecule has 1 fully saturated rings. The van der Waals surface area contributed by atoms with E-state index in [1.807, 2.05) is 24.3 Å². The summed E-state index contributed by atoms with van der Waals surface area (Å²) in [7, 11) is 0. The molecule has 1 aromatic carbocycles. The van der Waals surface area contributed by atoms with Gasteiger partial charge in [-0.15, -0.1) is 0 Å². The predicted octanol–water partition coefficient (Wildman–Crippen LogP) is 5.56. The zero-order chi connectivity index (χ0) is 17.9. The van der Waals surface area contributed by atoms with Crippen molar-refractivity contribution in [2.75, 3.05) is 5.32 Å². The van der Waals surface area contributed by atoms with Crippen molar-refractivity contribution in [2.24, 2.45) is 0 Å². The van der Waals surface area contributed by atoms with Crippen molar-refractivity contribution in [2.45, 2.75) is 44.4 Å². The Balaban J connectivity index is 1.84. The maximum absolute atomic E-state index is 13.2. The third-order valence-corrected chi connectivity index (χ3v) is 4.71. The molecule has 1 heterocycles. The molecular formula is C17H17F3IN3O. The van der Waals surface area contributed by atoms with Crippen molar-refractivity contribution in [1.82, 2.24) is 9.97 Å². The molecule has 0 aliphatic heterocycles. The van der Waals surface area contributed by atoms with Crippen LogP contribution in [0.15, 0.2) is 30.5 Å². The van der Waals surface area contributed by atoms with Crippen LogP contribution in [-0.2, 0) is 6.18 Å². The Hall–Kier alpha value is -1.58. The predicted molar refractivity (Wildman–Crippen MR) is 97.0 cm³/mol. The summed E-state index contributed by atoms with van der Waals surface area (Å²) in [6.45, 7) is 0. The van der Waals surface area contributed by atoms with Gasteiger partial charge in [0.25, 0.3) is 0 Å². The average Bonchev–Trinajstić information content (AvgIpc) is 2.57. The van der Waals surface area contributed by atoms with Crippen molar-refractivity contribution in [3.63, 3.8) is 0 Å². The molecule has 0 bridgehead atoms. The minimum atomic E-state index is -4.55. The van der Waals surface area contributed by atoms with Gasteiger partial charge in [-0.05, 0) is 72.5 Å². The second kappa shape index (κ2) is 7.76. The lowest BCUT2D eigenvalue weighted by atomic mass is 9.98. The lowest BCUT2D eigenvalue weighted by molar-refractivity contribution is -0.140. The van der Waals surface area contributed by atoms with Crippen LogP contribution in [0.3, 0.4) is 0 Å². The van der Waals surface area contributed by atoms with Crippen molar-refractivity contribution in [3.05, 3.63) is 39.6 Å². The third kappa shape index (κ3) is 4.96. The summed E-state index contributed by atoms with van der Waals surface area (Å²) >= 11 is 2.17. The van der Waals surface area contributed by atoms with Crippen molar-refractivity contribution in [1.29, 1.82) is 0 Å². The molecule has 0 unspecified atom stereocenters. The van der Waals surface area contributed by atoms with Gasteiger partial charge >= 0.3 is 6.18 Å². The minimum Gasteiger partial charge on any atom is -0.474 e. The minimum absolute atomic E-state index is 0.0833. The van der Waals surface area contributed by atoms with E-state index in [0.29, 0.717) is 5.69 Å². The smallest absolute Gasteiger partial charge is 0.423 e. The molecule has 0 radical (unpaired) electrons. The monoisotopic (exact) mass is 463 g/mol. The normalized spacial score (nSPS) is 15.8. The van der Waals surface area contributed by atoms with E-state index in [2.05, 4.69) is 37.9 Å². The summed E-state index contributed by atoms with van der Waals surface area (Å²) in [4.78, 5) is 7.78. The SMILES string of the molecule is FC(F)(F)c1cnc(Nc2ccc(I)cc2)nc1OC1CCCCC1. The molecular weight excluding hydrogens is 446 g/mol. The van der Waals surface area contributed by atoms with Crippen LogP contribution in [0.2, 0.25) is 0 Å². The third-order valence-electron chi connectivity index (χ3n) is 3.99. The molecule has 0 atom stereocenters. The van der Waals surface area contributed by atoms with Crippen molar-refractivity contribution < 1.29 is 17.9 Å². The van der Waals surface area contributed by atoms with Gasteiger partial charge < -0.3 is 10.1 Å². The lowest BCUT2D eigenvalue weighted by Crippen LogP contribution is -2.22. The fourth-order valence-corrected chi connectivity index (χ4v) is 3.07. The van der Waals surface area contributed by atoms with E-state index < -0.39 is 17.6 Å². The number of halogens is 4. The first-order valence-electron chi connectivity index (χ1n) is 8.05. The first-order chi connectivity index (χ1) is 11.9. The highest BCUT2D eigenvalue weighted by molar-refractivity contribution is 14.1. The van der Waals surface area contributed by atoms with Crippen LogP contribution < -0.4 is 10.1 Å². The van der Waals surface area contributed by atoms with Gasteiger partial charge in [-0.3, -0.25) is 0 Å². The number of aromatic nitrogens is 2. The number of nitrogens with zero attached hydrogens (tertiary/aromatic N) is 2. The topological polar surface area (TPSA) is 47.0 Å². The molecule has 1 aliphatic carbocycles. The first kappa shape index (κ1) is 18.2. The van der Waals surface area contributed by atoms with Gasteiger partial charge in [0.2, 0.25) is 11.8 Å². The first-order valence-corrected chi connectivity index (χ1v) is 9.13. The number of ether oxygens (including phenoxy) is 1. The number of hydrogen-bond donors (Lipinski definition) is 1. The summed E-state index contributed by atoms with van der Waals surface area (Å²) in [6, 6.07) is 7.38. The molecule has 3 rings (SSSR count). The lowest BCUT2D eigenvalue weighted by Gasteiger charge is -2.24.